The Morgan fingerprint density at radius 1 is 1.13 bits per heavy atom. The van der Waals surface area contributed by atoms with Crippen LogP contribution in [0.1, 0.15) is 46.1 Å². The van der Waals surface area contributed by atoms with Gasteiger partial charge >= 0.3 is 0 Å². The van der Waals surface area contributed by atoms with E-state index in [1.165, 1.54) is 6.07 Å². The molecular weight excluding hydrogens is 389 g/mol. The van der Waals surface area contributed by atoms with E-state index in [4.69, 9.17) is 0 Å². The maximum atomic E-state index is 14.2. The van der Waals surface area contributed by atoms with E-state index >= 15 is 0 Å². The first-order valence-electron chi connectivity index (χ1n) is 10.8. The molecule has 3 aromatic rings. The molecule has 4 rings (SSSR count). The first-order valence-corrected chi connectivity index (χ1v) is 10.8. The van der Waals surface area contributed by atoms with Gasteiger partial charge in [-0.2, -0.15) is 0 Å². The average Bonchev–Trinajstić information content (AvgIpc) is 2.80. The summed E-state index contributed by atoms with van der Waals surface area (Å²) in [5, 5.41) is 3.25. The van der Waals surface area contributed by atoms with Crippen LogP contribution in [0.3, 0.4) is 0 Å². The summed E-state index contributed by atoms with van der Waals surface area (Å²) >= 11 is 0. The summed E-state index contributed by atoms with van der Waals surface area (Å²) in [7, 11) is 0. The SMILES string of the molecule is Cc1ccccc1C(=O)N[C@@H](c1ccccn1)[C@H]1CCCN(Cc2ccccc2F)C1. The zero-order valence-corrected chi connectivity index (χ0v) is 17.8. The summed E-state index contributed by atoms with van der Waals surface area (Å²) in [4.78, 5) is 19.9. The molecule has 1 N–H and O–H groups in total. The van der Waals surface area contributed by atoms with Gasteiger partial charge in [0.15, 0.2) is 0 Å². The summed E-state index contributed by atoms with van der Waals surface area (Å²) in [5.74, 6) is -0.0536. The van der Waals surface area contributed by atoms with Crippen LogP contribution in [0.2, 0.25) is 0 Å². The number of rotatable bonds is 6. The van der Waals surface area contributed by atoms with Crippen LogP contribution >= 0.6 is 0 Å². The van der Waals surface area contributed by atoms with E-state index in [-0.39, 0.29) is 23.7 Å². The Bertz CT molecular complexity index is 1020. The highest BCUT2D eigenvalue weighted by molar-refractivity contribution is 5.95. The first kappa shape index (κ1) is 21.2. The zero-order valence-electron chi connectivity index (χ0n) is 17.8. The Morgan fingerprint density at radius 2 is 1.90 bits per heavy atom. The van der Waals surface area contributed by atoms with E-state index in [0.717, 1.165) is 37.2 Å². The summed E-state index contributed by atoms with van der Waals surface area (Å²) in [6.45, 7) is 4.22. The number of pyridine rings is 1. The van der Waals surface area contributed by atoms with Crippen LogP contribution in [0, 0.1) is 18.7 Å². The highest BCUT2D eigenvalue weighted by Gasteiger charge is 2.31. The van der Waals surface area contributed by atoms with Crippen molar-refractivity contribution in [3.8, 4) is 0 Å². The van der Waals surface area contributed by atoms with Crippen molar-refractivity contribution in [2.24, 2.45) is 5.92 Å². The fourth-order valence-corrected chi connectivity index (χ4v) is 4.41. The third-order valence-corrected chi connectivity index (χ3v) is 6.05. The molecule has 0 unspecified atom stereocenters. The van der Waals surface area contributed by atoms with Crippen LogP contribution in [0.5, 0.6) is 0 Å². The molecular formula is C26H28FN3O. The van der Waals surface area contributed by atoms with Crippen LogP contribution in [-0.2, 0) is 6.54 Å². The van der Waals surface area contributed by atoms with Crippen molar-refractivity contribution < 1.29 is 9.18 Å². The van der Waals surface area contributed by atoms with Gasteiger partial charge < -0.3 is 5.32 Å². The standard InChI is InChI=1S/C26H28FN3O/c1-19-9-2-4-12-22(19)26(31)29-25(24-14-6-7-15-28-24)21-11-8-16-30(18-21)17-20-10-3-5-13-23(20)27/h2-7,9-10,12-15,21,25H,8,11,16-18H2,1H3,(H,29,31)/t21-,25+/m0/s1. The number of benzene rings is 2. The quantitative estimate of drug-likeness (QED) is 0.620. The third-order valence-electron chi connectivity index (χ3n) is 6.05. The van der Waals surface area contributed by atoms with Gasteiger partial charge in [0.05, 0.1) is 11.7 Å². The van der Waals surface area contributed by atoms with E-state index in [1.54, 1.807) is 12.3 Å². The molecule has 1 aliphatic rings. The Balaban J connectivity index is 1.54. The molecule has 2 atom stereocenters. The Morgan fingerprint density at radius 3 is 2.68 bits per heavy atom. The normalized spacial score (nSPS) is 17.8. The second kappa shape index (κ2) is 9.84. The fraction of sp³-hybridized carbons (Fsp3) is 0.308. The molecule has 5 heteroatoms. The molecule has 0 saturated carbocycles. The van der Waals surface area contributed by atoms with E-state index in [9.17, 15) is 9.18 Å². The minimum atomic E-state index is -0.197. The molecule has 31 heavy (non-hydrogen) atoms. The number of aryl methyl sites for hydroxylation is 1. The number of amides is 1. The van der Waals surface area contributed by atoms with E-state index < -0.39 is 0 Å². The van der Waals surface area contributed by atoms with Crippen molar-refractivity contribution in [3.63, 3.8) is 0 Å². The van der Waals surface area contributed by atoms with Crippen LogP contribution < -0.4 is 5.32 Å². The van der Waals surface area contributed by atoms with E-state index in [2.05, 4.69) is 15.2 Å². The molecule has 1 saturated heterocycles. The largest absolute Gasteiger partial charge is 0.343 e. The number of nitrogens with zero attached hydrogens (tertiary/aromatic N) is 2. The lowest BCUT2D eigenvalue weighted by molar-refractivity contribution is 0.0873. The third kappa shape index (κ3) is 5.17. The number of halogens is 1. The molecule has 1 amide bonds. The van der Waals surface area contributed by atoms with Gasteiger partial charge in [-0.1, -0.05) is 42.5 Å². The van der Waals surface area contributed by atoms with Gasteiger partial charge in [-0.25, -0.2) is 4.39 Å². The molecule has 1 fully saturated rings. The van der Waals surface area contributed by atoms with E-state index in [0.29, 0.717) is 17.7 Å². The van der Waals surface area contributed by atoms with Crippen molar-refractivity contribution in [2.45, 2.75) is 32.4 Å². The van der Waals surface area contributed by atoms with Crippen LogP contribution in [0.25, 0.3) is 0 Å². The monoisotopic (exact) mass is 417 g/mol. The van der Waals surface area contributed by atoms with Gasteiger partial charge in [0.1, 0.15) is 5.82 Å². The number of carbonyl (C=O) groups is 1. The number of carbonyl (C=O) groups excluding carboxylic acids is 1. The maximum Gasteiger partial charge on any atom is 0.252 e. The maximum absolute atomic E-state index is 14.2. The predicted octanol–water partition coefficient (Wildman–Crippen LogP) is 4.91. The van der Waals surface area contributed by atoms with Crippen molar-refractivity contribution in [1.29, 1.82) is 0 Å². The van der Waals surface area contributed by atoms with E-state index in [1.807, 2.05) is 61.5 Å². The summed E-state index contributed by atoms with van der Waals surface area (Å²) < 4.78 is 14.2. The fourth-order valence-electron chi connectivity index (χ4n) is 4.41. The lowest BCUT2D eigenvalue weighted by Crippen LogP contribution is -2.43. The molecule has 0 bridgehead atoms. The topological polar surface area (TPSA) is 45.2 Å². The highest BCUT2D eigenvalue weighted by atomic mass is 19.1. The number of piperidine rings is 1. The van der Waals surface area contributed by atoms with Gasteiger partial charge in [0.2, 0.25) is 0 Å². The van der Waals surface area contributed by atoms with Crippen molar-refractivity contribution in [1.82, 2.24) is 15.2 Å². The van der Waals surface area contributed by atoms with Crippen LogP contribution in [0.4, 0.5) is 4.39 Å². The number of nitrogens with one attached hydrogen (secondary N) is 1. The van der Waals surface area contributed by atoms with Gasteiger partial charge in [-0.05, 0) is 62.1 Å². The number of hydrogen-bond donors (Lipinski definition) is 1. The van der Waals surface area contributed by atoms with Crippen molar-refractivity contribution in [3.05, 3.63) is 101 Å². The minimum absolute atomic E-state index is 0.0834. The molecule has 160 valence electrons. The van der Waals surface area contributed by atoms with Crippen LogP contribution in [0.15, 0.2) is 72.9 Å². The molecule has 4 nitrogen and oxygen atoms in total. The smallest absolute Gasteiger partial charge is 0.252 e. The average molecular weight is 418 g/mol. The lowest BCUT2D eigenvalue weighted by atomic mass is 9.88. The molecule has 0 aliphatic carbocycles. The summed E-state index contributed by atoms with van der Waals surface area (Å²) in [5.41, 5.74) is 3.20. The Kier molecular flexibility index (Phi) is 6.73. The molecule has 2 aromatic carbocycles. The molecule has 0 radical (unpaired) electrons. The Hall–Kier alpha value is -3.05. The molecule has 1 aromatic heterocycles. The lowest BCUT2D eigenvalue weighted by Gasteiger charge is -2.37. The van der Waals surface area contributed by atoms with Crippen molar-refractivity contribution >= 4 is 5.91 Å². The highest BCUT2D eigenvalue weighted by Crippen LogP contribution is 2.30. The van der Waals surface area contributed by atoms with Crippen molar-refractivity contribution in [2.75, 3.05) is 13.1 Å². The minimum Gasteiger partial charge on any atom is -0.343 e. The zero-order chi connectivity index (χ0) is 21.6. The predicted molar refractivity (Wildman–Crippen MR) is 120 cm³/mol. The number of likely N-dealkylation sites (tertiary alicyclic amines) is 1. The molecule has 1 aliphatic heterocycles. The van der Waals surface area contributed by atoms with Gasteiger partial charge in [0, 0.05) is 30.4 Å². The second-order valence-electron chi connectivity index (χ2n) is 8.25. The second-order valence-corrected chi connectivity index (χ2v) is 8.25. The van der Waals surface area contributed by atoms with Gasteiger partial charge in [-0.15, -0.1) is 0 Å². The number of hydrogen-bond acceptors (Lipinski definition) is 3. The first-order chi connectivity index (χ1) is 15.1. The number of aromatic nitrogens is 1. The summed E-state index contributed by atoms with van der Waals surface area (Å²) in [6.07, 6.45) is 3.76. The van der Waals surface area contributed by atoms with Crippen LogP contribution in [-0.4, -0.2) is 28.9 Å². The van der Waals surface area contributed by atoms with Gasteiger partial charge in [0.25, 0.3) is 5.91 Å². The Labute approximate surface area is 183 Å². The summed E-state index contributed by atoms with van der Waals surface area (Å²) in [6, 6.07) is 20.2. The van der Waals surface area contributed by atoms with Gasteiger partial charge in [-0.3, -0.25) is 14.7 Å². The molecule has 2 heterocycles. The molecule has 0 spiro atoms.